The summed E-state index contributed by atoms with van der Waals surface area (Å²) in [6.45, 7) is 6.45. The summed E-state index contributed by atoms with van der Waals surface area (Å²) in [7, 11) is 0. The molecule has 0 aliphatic heterocycles. The van der Waals surface area contributed by atoms with Crippen LogP contribution in [-0.4, -0.2) is 38.2 Å². The number of hydrogen-bond donors (Lipinski definition) is 2. The minimum Gasteiger partial charge on any atom is -0.388 e. The molecule has 0 saturated heterocycles. The van der Waals surface area contributed by atoms with E-state index in [0.29, 0.717) is 6.54 Å². The van der Waals surface area contributed by atoms with Gasteiger partial charge < -0.3 is 10.4 Å². The highest BCUT2D eigenvalue weighted by Crippen LogP contribution is 2.18. The SMILES string of the molecule is CCC(C)C(C)(O)CNC(=O)c1cn(Cc2ccccc2)nn1. The third-order valence-electron chi connectivity index (χ3n) is 4.24. The van der Waals surface area contributed by atoms with Gasteiger partial charge in [-0.05, 0) is 18.4 Å². The lowest BCUT2D eigenvalue weighted by molar-refractivity contribution is 0.00588. The summed E-state index contributed by atoms with van der Waals surface area (Å²) in [5, 5.41) is 20.9. The lowest BCUT2D eigenvalue weighted by Gasteiger charge is -2.29. The molecular weight excluding hydrogens is 292 g/mol. The highest BCUT2D eigenvalue weighted by molar-refractivity contribution is 5.91. The molecule has 23 heavy (non-hydrogen) atoms. The molecule has 6 heteroatoms. The summed E-state index contributed by atoms with van der Waals surface area (Å²) in [6.07, 6.45) is 2.45. The predicted molar refractivity (Wildman–Crippen MR) is 88.0 cm³/mol. The van der Waals surface area contributed by atoms with Crippen LogP contribution < -0.4 is 5.32 Å². The van der Waals surface area contributed by atoms with Gasteiger partial charge in [-0.1, -0.05) is 55.8 Å². The summed E-state index contributed by atoms with van der Waals surface area (Å²) < 4.78 is 1.62. The average Bonchev–Trinajstić information content (AvgIpc) is 3.01. The fraction of sp³-hybridized carbons (Fsp3) is 0.471. The van der Waals surface area contributed by atoms with Crippen LogP contribution in [0.15, 0.2) is 36.5 Å². The topological polar surface area (TPSA) is 80.0 Å². The Labute approximate surface area is 136 Å². The Morgan fingerprint density at radius 1 is 1.39 bits per heavy atom. The van der Waals surface area contributed by atoms with Crippen LogP contribution >= 0.6 is 0 Å². The zero-order valence-electron chi connectivity index (χ0n) is 13.9. The van der Waals surface area contributed by atoms with Gasteiger partial charge in [0.2, 0.25) is 0 Å². The van der Waals surface area contributed by atoms with Crippen LogP contribution in [0.1, 0.15) is 43.2 Å². The van der Waals surface area contributed by atoms with Gasteiger partial charge in [-0.25, -0.2) is 4.68 Å². The lowest BCUT2D eigenvalue weighted by atomic mass is 9.88. The molecule has 6 nitrogen and oxygen atoms in total. The second-order valence-corrected chi connectivity index (χ2v) is 6.14. The molecule has 0 spiro atoms. The van der Waals surface area contributed by atoms with Crippen LogP contribution in [0.3, 0.4) is 0 Å². The number of benzene rings is 1. The van der Waals surface area contributed by atoms with Crippen molar-refractivity contribution in [3.63, 3.8) is 0 Å². The molecule has 2 aromatic rings. The van der Waals surface area contributed by atoms with Gasteiger partial charge in [0.1, 0.15) is 0 Å². The van der Waals surface area contributed by atoms with Gasteiger partial charge in [-0.3, -0.25) is 4.79 Å². The van der Waals surface area contributed by atoms with E-state index in [-0.39, 0.29) is 24.1 Å². The number of aromatic nitrogens is 3. The van der Waals surface area contributed by atoms with Gasteiger partial charge in [0.25, 0.3) is 5.91 Å². The number of hydrogen-bond acceptors (Lipinski definition) is 4. The minimum absolute atomic E-state index is 0.0940. The molecule has 124 valence electrons. The first kappa shape index (κ1) is 17.1. The second-order valence-electron chi connectivity index (χ2n) is 6.14. The largest absolute Gasteiger partial charge is 0.388 e. The highest BCUT2D eigenvalue weighted by atomic mass is 16.3. The first-order valence-corrected chi connectivity index (χ1v) is 7.87. The van der Waals surface area contributed by atoms with E-state index in [1.54, 1.807) is 17.8 Å². The highest BCUT2D eigenvalue weighted by Gasteiger charge is 2.28. The molecule has 2 atom stereocenters. The van der Waals surface area contributed by atoms with Gasteiger partial charge >= 0.3 is 0 Å². The summed E-state index contributed by atoms with van der Waals surface area (Å²) in [5.41, 5.74) is 0.398. The van der Waals surface area contributed by atoms with E-state index in [9.17, 15) is 9.90 Å². The summed E-state index contributed by atoms with van der Waals surface area (Å²) in [6, 6.07) is 9.84. The number of amides is 1. The second kappa shape index (κ2) is 7.37. The average molecular weight is 316 g/mol. The van der Waals surface area contributed by atoms with Crippen molar-refractivity contribution in [2.45, 2.75) is 39.3 Å². The lowest BCUT2D eigenvalue weighted by Crippen LogP contribution is -2.45. The number of carbonyl (C=O) groups excluding carboxylic acids is 1. The van der Waals surface area contributed by atoms with E-state index >= 15 is 0 Å². The van der Waals surface area contributed by atoms with Crippen molar-refractivity contribution in [3.05, 3.63) is 47.8 Å². The monoisotopic (exact) mass is 316 g/mol. The van der Waals surface area contributed by atoms with E-state index in [0.717, 1.165) is 12.0 Å². The third-order valence-corrected chi connectivity index (χ3v) is 4.24. The van der Waals surface area contributed by atoms with Crippen LogP contribution in [0.25, 0.3) is 0 Å². The predicted octanol–water partition coefficient (Wildman–Crippen LogP) is 1.85. The molecule has 0 fully saturated rings. The number of carbonyl (C=O) groups is 1. The summed E-state index contributed by atoms with van der Waals surface area (Å²) >= 11 is 0. The molecule has 1 amide bonds. The summed E-state index contributed by atoms with van der Waals surface area (Å²) in [5.74, 6) is -0.232. The van der Waals surface area contributed by atoms with Crippen LogP contribution in [0.2, 0.25) is 0 Å². The van der Waals surface area contributed by atoms with Gasteiger partial charge in [-0.15, -0.1) is 5.10 Å². The number of aliphatic hydroxyl groups is 1. The Morgan fingerprint density at radius 3 is 2.74 bits per heavy atom. The van der Waals surface area contributed by atoms with Crippen LogP contribution in [0, 0.1) is 5.92 Å². The molecular formula is C17H24N4O2. The Hall–Kier alpha value is -2.21. The number of rotatable bonds is 7. The molecule has 0 saturated carbocycles. The third kappa shape index (κ3) is 4.63. The van der Waals surface area contributed by atoms with Crippen molar-refractivity contribution in [2.75, 3.05) is 6.54 Å². The van der Waals surface area contributed by atoms with Crippen LogP contribution in [0.5, 0.6) is 0 Å². The quantitative estimate of drug-likeness (QED) is 0.817. The van der Waals surface area contributed by atoms with E-state index in [4.69, 9.17) is 0 Å². The van der Waals surface area contributed by atoms with E-state index in [1.807, 2.05) is 44.2 Å². The van der Waals surface area contributed by atoms with E-state index < -0.39 is 5.60 Å². The zero-order chi connectivity index (χ0) is 16.9. The van der Waals surface area contributed by atoms with Crippen molar-refractivity contribution >= 4 is 5.91 Å². The van der Waals surface area contributed by atoms with E-state index in [1.165, 1.54) is 0 Å². The first-order chi connectivity index (χ1) is 10.9. The van der Waals surface area contributed by atoms with Crippen molar-refractivity contribution in [1.29, 1.82) is 0 Å². The number of nitrogens with zero attached hydrogens (tertiary/aromatic N) is 3. The van der Waals surface area contributed by atoms with Crippen molar-refractivity contribution < 1.29 is 9.90 Å². The fourth-order valence-electron chi connectivity index (χ4n) is 2.21. The fourth-order valence-corrected chi connectivity index (χ4v) is 2.21. The first-order valence-electron chi connectivity index (χ1n) is 7.87. The Kier molecular flexibility index (Phi) is 5.50. The maximum absolute atomic E-state index is 12.1. The van der Waals surface area contributed by atoms with Crippen LogP contribution in [-0.2, 0) is 6.54 Å². The van der Waals surface area contributed by atoms with Gasteiger partial charge in [-0.2, -0.15) is 0 Å². The maximum atomic E-state index is 12.1. The Morgan fingerprint density at radius 2 is 2.09 bits per heavy atom. The molecule has 0 radical (unpaired) electrons. The normalized spacial score (nSPS) is 15.0. The molecule has 2 N–H and O–H groups in total. The van der Waals surface area contributed by atoms with Crippen molar-refractivity contribution in [1.82, 2.24) is 20.3 Å². The molecule has 2 rings (SSSR count). The smallest absolute Gasteiger partial charge is 0.273 e. The molecule has 0 aliphatic carbocycles. The van der Waals surface area contributed by atoms with Crippen LogP contribution in [0.4, 0.5) is 0 Å². The molecule has 2 unspecified atom stereocenters. The van der Waals surface area contributed by atoms with Gasteiger partial charge in [0.05, 0.1) is 18.3 Å². The maximum Gasteiger partial charge on any atom is 0.273 e. The van der Waals surface area contributed by atoms with Gasteiger partial charge in [0.15, 0.2) is 5.69 Å². The van der Waals surface area contributed by atoms with E-state index in [2.05, 4.69) is 15.6 Å². The molecule has 0 aliphatic rings. The van der Waals surface area contributed by atoms with Gasteiger partial charge in [0, 0.05) is 6.54 Å². The summed E-state index contributed by atoms with van der Waals surface area (Å²) in [4.78, 5) is 12.1. The molecule has 1 aromatic heterocycles. The number of nitrogens with one attached hydrogen (secondary N) is 1. The standard InChI is InChI=1S/C17H24N4O2/c1-4-13(2)17(3,23)12-18-16(22)15-11-21(20-19-15)10-14-8-6-5-7-9-14/h5-9,11,13,23H,4,10,12H2,1-3H3,(H,18,22). The van der Waals surface area contributed by atoms with Crippen molar-refractivity contribution in [2.24, 2.45) is 5.92 Å². The zero-order valence-corrected chi connectivity index (χ0v) is 13.9. The molecule has 0 bridgehead atoms. The van der Waals surface area contributed by atoms with Crippen molar-refractivity contribution in [3.8, 4) is 0 Å². The Balaban J connectivity index is 1.94. The molecule has 1 aromatic carbocycles. The minimum atomic E-state index is -0.940. The molecule has 1 heterocycles. The Bertz CT molecular complexity index is 637.